The predicted octanol–water partition coefficient (Wildman–Crippen LogP) is 4.52. The maximum absolute atomic E-state index is 12.8. The molecule has 3 aromatic rings. The minimum Gasteiger partial charge on any atom is -0.450 e. The molecule has 7 nitrogen and oxygen atoms in total. The van der Waals surface area contributed by atoms with Crippen LogP contribution in [0.1, 0.15) is 24.5 Å². The Morgan fingerprint density at radius 3 is 2.29 bits per heavy atom. The van der Waals surface area contributed by atoms with E-state index in [0.717, 1.165) is 22.4 Å². The van der Waals surface area contributed by atoms with Crippen molar-refractivity contribution in [2.75, 3.05) is 0 Å². The lowest BCUT2D eigenvalue weighted by Crippen LogP contribution is -2.29. The Bertz CT molecular complexity index is 1210. The van der Waals surface area contributed by atoms with Gasteiger partial charge in [0.15, 0.2) is 0 Å². The largest absolute Gasteiger partial charge is 0.503 e. The summed E-state index contributed by atoms with van der Waals surface area (Å²) in [4.78, 5) is 9.42. The summed E-state index contributed by atoms with van der Waals surface area (Å²) in [5.41, 5.74) is 2.49. The molecule has 2 aromatic carbocycles. The van der Waals surface area contributed by atoms with Crippen molar-refractivity contribution in [3.05, 3.63) is 77.9 Å². The molecule has 9 heteroatoms. The second-order valence-corrected chi connectivity index (χ2v) is 10.3. The summed E-state index contributed by atoms with van der Waals surface area (Å²) < 4.78 is 28.8. The van der Waals surface area contributed by atoms with Crippen LogP contribution in [0.25, 0.3) is 10.4 Å². The molecule has 2 atom stereocenters. The van der Waals surface area contributed by atoms with Gasteiger partial charge in [0.1, 0.15) is 4.21 Å². The normalized spacial score (nSPS) is 19.5. The topological polar surface area (TPSA) is 127 Å². The van der Waals surface area contributed by atoms with Crippen molar-refractivity contribution in [3.8, 4) is 16.5 Å². The Morgan fingerprint density at radius 1 is 1.10 bits per heavy atom. The number of sulfonamides is 1. The third kappa shape index (κ3) is 5.30. The van der Waals surface area contributed by atoms with Gasteiger partial charge in [0, 0.05) is 16.3 Å². The van der Waals surface area contributed by atoms with E-state index >= 15 is 0 Å². The van der Waals surface area contributed by atoms with Gasteiger partial charge in [-0.3, -0.25) is 0 Å². The molecule has 0 saturated heterocycles. The van der Waals surface area contributed by atoms with Gasteiger partial charge >= 0.3 is 6.16 Å². The lowest BCUT2D eigenvalue weighted by Gasteiger charge is -2.12. The van der Waals surface area contributed by atoms with E-state index in [0.29, 0.717) is 9.77 Å². The Morgan fingerprint density at radius 2 is 1.71 bits per heavy atom. The summed E-state index contributed by atoms with van der Waals surface area (Å²) in [5, 5.41) is 22.8. The number of nitrogens with one attached hydrogen (secondary N) is 1. The SMILES string of the molecule is C[C@]1(c2ccccc2)C[C@@H]1NS(=O)(=O)c1ccc(-c2ccc(C#N)cc2)s1.O=C(O)O. The molecule has 3 N–H and O–H groups in total. The minimum atomic E-state index is -3.56. The van der Waals surface area contributed by atoms with Gasteiger partial charge < -0.3 is 10.2 Å². The number of hydrogen-bond acceptors (Lipinski definition) is 5. The van der Waals surface area contributed by atoms with E-state index in [4.69, 9.17) is 20.3 Å². The molecule has 0 unspecified atom stereocenters. The van der Waals surface area contributed by atoms with Crippen LogP contribution in [-0.4, -0.2) is 30.8 Å². The smallest absolute Gasteiger partial charge is 0.450 e. The van der Waals surface area contributed by atoms with E-state index < -0.39 is 16.2 Å². The number of benzene rings is 2. The van der Waals surface area contributed by atoms with Gasteiger partial charge in [0.2, 0.25) is 10.0 Å². The fourth-order valence-corrected chi connectivity index (χ4v) is 5.93. The van der Waals surface area contributed by atoms with Crippen LogP contribution in [0.15, 0.2) is 70.9 Å². The van der Waals surface area contributed by atoms with Gasteiger partial charge in [0.05, 0.1) is 11.6 Å². The lowest BCUT2D eigenvalue weighted by molar-refractivity contribution is 0.137. The Labute approximate surface area is 184 Å². The summed E-state index contributed by atoms with van der Waals surface area (Å²) in [6.07, 6.45) is -1.04. The van der Waals surface area contributed by atoms with Crippen LogP contribution < -0.4 is 4.72 Å². The van der Waals surface area contributed by atoms with Crippen LogP contribution in [-0.2, 0) is 15.4 Å². The molecule has 0 spiro atoms. The van der Waals surface area contributed by atoms with Gasteiger partial charge in [0.25, 0.3) is 0 Å². The number of nitrogens with zero attached hydrogens (tertiary/aromatic N) is 1. The van der Waals surface area contributed by atoms with Crippen LogP contribution in [0, 0.1) is 11.3 Å². The summed E-state index contributed by atoms with van der Waals surface area (Å²) in [6, 6.07) is 22.6. The second kappa shape index (κ2) is 8.89. The first kappa shape index (κ1) is 22.5. The highest BCUT2D eigenvalue weighted by atomic mass is 32.2. The molecule has 0 radical (unpaired) electrons. The zero-order valence-corrected chi connectivity index (χ0v) is 18.2. The standard InChI is InChI=1S/C21H18N2O2S2.CH2O3/c1-21(17-5-3-2-4-6-17)13-19(21)23-27(24,25)20-12-11-18(26-20)16-9-7-15(14-22)8-10-16;2-1(3)4/h2-12,19,23H,13H2,1H3;(H2,2,3,4)/t19-,21+;/m0./s1. The highest BCUT2D eigenvalue weighted by Gasteiger charge is 2.53. The summed E-state index contributed by atoms with van der Waals surface area (Å²) >= 11 is 1.24. The van der Waals surface area contributed by atoms with Gasteiger partial charge in [-0.2, -0.15) is 5.26 Å². The van der Waals surface area contributed by atoms with Gasteiger partial charge in [-0.05, 0) is 41.8 Å². The monoisotopic (exact) mass is 456 g/mol. The van der Waals surface area contributed by atoms with Gasteiger partial charge in [-0.15, -0.1) is 11.3 Å². The number of carbonyl (C=O) groups is 1. The summed E-state index contributed by atoms with van der Waals surface area (Å²) in [7, 11) is -3.56. The number of thiophene rings is 1. The van der Waals surface area contributed by atoms with E-state index in [1.807, 2.05) is 48.5 Å². The molecule has 1 saturated carbocycles. The first-order chi connectivity index (χ1) is 14.7. The van der Waals surface area contributed by atoms with E-state index in [1.54, 1.807) is 18.2 Å². The number of hydrogen-bond donors (Lipinski definition) is 3. The van der Waals surface area contributed by atoms with Crippen LogP contribution in [0.3, 0.4) is 0 Å². The zero-order chi connectivity index (χ0) is 22.6. The van der Waals surface area contributed by atoms with E-state index in [9.17, 15) is 8.42 Å². The summed E-state index contributed by atoms with van der Waals surface area (Å²) in [5.74, 6) is 0. The molecular weight excluding hydrogens is 436 g/mol. The zero-order valence-electron chi connectivity index (χ0n) is 16.5. The first-order valence-corrected chi connectivity index (χ1v) is 11.6. The van der Waals surface area contributed by atoms with Crippen molar-refractivity contribution in [2.24, 2.45) is 0 Å². The number of carboxylic acid groups (broad SMARTS) is 2. The fraction of sp³-hybridized carbons (Fsp3) is 0.182. The molecule has 1 aromatic heterocycles. The second-order valence-electron chi connectivity index (χ2n) is 7.25. The fourth-order valence-electron chi connectivity index (χ4n) is 3.25. The number of nitriles is 1. The van der Waals surface area contributed by atoms with Crippen molar-refractivity contribution < 1.29 is 23.4 Å². The molecule has 1 aliphatic rings. The molecule has 31 heavy (non-hydrogen) atoms. The highest BCUT2D eigenvalue weighted by Crippen LogP contribution is 2.48. The molecule has 160 valence electrons. The maximum Gasteiger partial charge on any atom is 0.503 e. The minimum absolute atomic E-state index is 0.0923. The van der Waals surface area contributed by atoms with Crippen molar-refractivity contribution >= 4 is 27.5 Å². The van der Waals surface area contributed by atoms with Crippen LogP contribution in [0.5, 0.6) is 0 Å². The molecule has 1 heterocycles. The van der Waals surface area contributed by atoms with Crippen molar-refractivity contribution in [1.29, 1.82) is 5.26 Å². The average molecular weight is 457 g/mol. The third-order valence-corrected chi connectivity index (χ3v) is 8.21. The third-order valence-electron chi connectivity index (χ3n) is 5.11. The molecule has 0 amide bonds. The maximum atomic E-state index is 12.8. The number of rotatable bonds is 5. The van der Waals surface area contributed by atoms with Crippen molar-refractivity contribution in [3.63, 3.8) is 0 Å². The Kier molecular flexibility index (Phi) is 6.45. The lowest BCUT2D eigenvalue weighted by atomic mass is 9.98. The van der Waals surface area contributed by atoms with Gasteiger partial charge in [-0.1, -0.05) is 49.4 Å². The first-order valence-electron chi connectivity index (χ1n) is 9.26. The van der Waals surface area contributed by atoms with Crippen LogP contribution in [0.2, 0.25) is 0 Å². The van der Waals surface area contributed by atoms with Crippen molar-refractivity contribution in [1.82, 2.24) is 4.72 Å². The van der Waals surface area contributed by atoms with E-state index in [-0.39, 0.29) is 11.5 Å². The van der Waals surface area contributed by atoms with Gasteiger partial charge in [-0.25, -0.2) is 17.9 Å². The summed E-state index contributed by atoms with van der Waals surface area (Å²) in [6.45, 7) is 2.09. The molecular formula is C22H20N2O5S2. The van der Waals surface area contributed by atoms with E-state index in [2.05, 4.69) is 17.7 Å². The molecule has 1 aliphatic carbocycles. The van der Waals surface area contributed by atoms with Crippen LogP contribution in [0.4, 0.5) is 4.79 Å². The molecule has 0 bridgehead atoms. The molecule has 1 fully saturated rings. The molecule has 4 rings (SSSR count). The predicted molar refractivity (Wildman–Crippen MR) is 118 cm³/mol. The molecule has 0 aliphatic heterocycles. The Hall–Kier alpha value is -3.19. The quantitative estimate of drug-likeness (QED) is 0.518. The van der Waals surface area contributed by atoms with Crippen molar-refractivity contribution in [2.45, 2.75) is 29.0 Å². The van der Waals surface area contributed by atoms with Crippen LogP contribution >= 0.6 is 11.3 Å². The Balaban J connectivity index is 0.000000628. The van der Waals surface area contributed by atoms with E-state index in [1.165, 1.54) is 11.3 Å². The highest BCUT2D eigenvalue weighted by molar-refractivity contribution is 7.91. The average Bonchev–Trinajstić information content (AvgIpc) is 3.16.